The molecule has 1 aromatic carbocycles. The van der Waals surface area contributed by atoms with Crippen molar-refractivity contribution < 1.29 is 13.2 Å². The molecule has 0 spiro atoms. The van der Waals surface area contributed by atoms with Gasteiger partial charge >= 0.3 is 0 Å². The van der Waals surface area contributed by atoms with E-state index in [-0.39, 0.29) is 4.90 Å². The van der Waals surface area contributed by atoms with E-state index in [9.17, 15) is 8.42 Å². The van der Waals surface area contributed by atoms with E-state index < -0.39 is 10.0 Å². The topological polar surface area (TPSA) is 64.4 Å². The normalized spacial score (nSPS) is 15.8. The highest BCUT2D eigenvalue weighted by Gasteiger charge is 2.28. The summed E-state index contributed by atoms with van der Waals surface area (Å²) < 4.78 is 33.6. The minimum absolute atomic E-state index is 0.254. The van der Waals surface area contributed by atoms with Crippen molar-refractivity contribution in [1.29, 1.82) is 0 Å². The number of rotatable bonds is 3. The van der Waals surface area contributed by atoms with Gasteiger partial charge in [-0.05, 0) is 18.2 Å². The maximum atomic E-state index is 12.6. The summed E-state index contributed by atoms with van der Waals surface area (Å²) in [4.78, 5) is 0.254. The zero-order valence-electron chi connectivity index (χ0n) is 11.1. The molecule has 1 aromatic heterocycles. The number of ether oxygens (including phenoxy) is 1. The molecule has 0 atom stereocenters. The van der Waals surface area contributed by atoms with E-state index in [1.165, 1.54) is 11.4 Å². The molecular weight excluding hydrogens is 278 g/mol. The van der Waals surface area contributed by atoms with E-state index >= 15 is 0 Å². The zero-order valence-corrected chi connectivity index (χ0v) is 11.9. The Morgan fingerprint density at radius 1 is 1.25 bits per heavy atom. The molecule has 6 nitrogen and oxygen atoms in total. The Bertz CT molecular complexity index is 724. The van der Waals surface area contributed by atoms with Crippen LogP contribution >= 0.6 is 0 Å². The van der Waals surface area contributed by atoms with Gasteiger partial charge in [0.15, 0.2) is 0 Å². The standard InChI is InChI=1S/C13H15N3O3S/c1-19-12-3-2-4-13(9-12)20(17,18)15-7-8-16-11(10-15)5-6-14-16/h2-6,9H,7-8,10H2,1H3. The first kappa shape index (κ1) is 13.1. The fraction of sp³-hybridized carbons (Fsp3) is 0.308. The quantitative estimate of drug-likeness (QED) is 0.850. The summed E-state index contributed by atoms with van der Waals surface area (Å²) in [5, 5.41) is 4.15. The monoisotopic (exact) mass is 293 g/mol. The molecule has 20 heavy (non-hydrogen) atoms. The minimum atomic E-state index is -3.50. The van der Waals surface area contributed by atoms with Crippen molar-refractivity contribution >= 4 is 10.0 Å². The number of methoxy groups -OCH3 is 1. The Balaban J connectivity index is 1.93. The molecule has 2 heterocycles. The number of nitrogens with zero attached hydrogens (tertiary/aromatic N) is 3. The lowest BCUT2D eigenvalue weighted by molar-refractivity contribution is 0.326. The average molecular weight is 293 g/mol. The summed E-state index contributed by atoms with van der Waals surface area (Å²) in [5.41, 5.74) is 0.905. The molecule has 0 N–H and O–H groups in total. The Hall–Kier alpha value is -1.86. The van der Waals surface area contributed by atoms with E-state index in [2.05, 4.69) is 5.10 Å². The average Bonchev–Trinajstić information content (AvgIpc) is 2.94. The van der Waals surface area contributed by atoms with Crippen molar-refractivity contribution in [3.8, 4) is 5.75 Å². The molecule has 7 heteroatoms. The summed E-state index contributed by atoms with van der Waals surface area (Å²) >= 11 is 0. The van der Waals surface area contributed by atoms with Gasteiger partial charge in [0.05, 0.1) is 30.8 Å². The van der Waals surface area contributed by atoms with Crippen molar-refractivity contribution in [1.82, 2.24) is 14.1 Å². The van der Waals surface area contributed by atoms with Crippen molar-refractivity contribution in [3.63, 3.8) is 0 Å². The molecule has 0 saturated carbocycles. The van der Waals surface area contributed by atoms with Gasteiger partial charge in [0.1, 0.15) is 5.75 Å². The van der Waals surface area contributed by atoms with Gasteiger partial charge in [0, 0.05) is 18.8 Å². The molecule has 0 saturated heterocycles. The highest BCUT2D eigenvalue weighted by Crippen LogP contribution is 2.24. The number of hydrogen-bond donors (Lipinski definition) is 0. The van der Waals surface area contributed by atoms with E-state index in [4.69, 9.17) is 4.74 Å². The third-order valence-electron chi connectivity index (χ3n) is 3.38. The number of fused-ring (bicyclic) bond motifs is 1. The number of hydrogen-bond acceptors (Lipinski definition) is 4. The van der Waals surface area contributed by atoms with Crippen molar-refractivity contribution in [2.24, 2.45) is 0 Å². The predicted octanol–water partition coefficient (Wildman–Crippen LogP) is 1.10. The summed E-state index contributed by atoms with van der Waals surface area (Å²) in [6.07, 6.45) is 1.69. The molecule has 0 fully saturated rings. The maximum absolute atomic E-state index is 12.6. The van der Waals surface area contributed by atoms with Crippen molar-refractivity contribution in [2.75, 3.05) is 13.7 Å². The summed E-state index contributed by atoms with van der Waals surface area (Å²) in [6, 6.07) is 8.38. The molecule has 1 aliphatic heterocycles. The number of sulfonamides is 1. The molecule has 0 amide bonds. The van der Waals surface area contributed by atoms with Gasteiger partial charge in [0.2, 0.25) is 10.0 Å². The fourth-order valence-corrected chi connectivity index (χ4v) is 3.72. The lowest BCUT2D eigenvalue weighted by atomic mass is 10.3. The van der Waals surface area contributed by atoms with Crippen molar-refractivity contribution in [2.45, 2.75) is 18.0 Å². The Morgan fingerprint density at radius 2 is 2.10 bits per heavy atom. The third kappa shape index (κ3) is 2.19. The van der Waals surface area contributed by atoms with Crippen LogP contribution in [0.1, 0.15) is 5.69 Å². The second kappa shape index (κ2) is 4.92. The third-order valence-corrected chi connectivity index (χ3v) is 5.22. The first-order valence-electron chi connectivity index (χ1n) is 6.26. The Morgan fingerprint density at radius 3 is 2.90 bits per heavy atom. The number of benzene rings is 1. The summed E-state index contributed by atoms with van der Waals surface area (Å²) in [7, 11) is -1.98. The summed E-state index contributed by atoms with van der Waals surface area (Å²) in [5.74, 6) is 0.535. The van der Waals surface area contributed by atoms with Gasteiger partial charge < -0.3 is 4.74 Å². The van der Waals surface area contributed by atoms with E-state index in [1.54, 1.807) is 30.5 Å². The second-order valence-corrected chi connectivity index (χ2v) is 6.50. The molecule has 0 unspecified atom stereocenters. The van der Waals surface area contributed by atoms with Gasteiger partial charge in [-0.1, -0.05) is 6.07 Å². The molecule has 1 aliphatic rings. The van der Waals surface area contributed by atoms with Gasteiger partial charge in [0.25, 0.3) is 0 Å². The number of aromatic nitrogens is 2. The smallest absolute Gasteiger partial charge is 0.243 e. The first-order valence-corrected chi connectivity index (χ1v) is 7.70. The van der Waals surface area contributed by atoms with Crippen LogP contribution in [0.25, 0.3) is 0 Å². The van der Waals surface area contributed by atoms with Gasteiger partial charge in [-0.15, -0.1) is 0 Å². The second-order valence-electron chi connectivity index (χ2n) is 4.56. The largest absolute Gasteiger partial charge is 0.497 e. The van der Waals surface area contributed by atoms with Gasteiger partial charge in [-0.25, -0.2) is 8.42 Å². The van der Waals surface area contributed by atoms with Gasteiger partial charge in [-0.3, -0.25) is 4.68 Å². The predicted molar refractivity (Wildman–Crippen MR) is 72.8 cm³/mol. The summed E-state index contributed by atoms with van der Waals surface area (Å²) in [6.45, 7) is 1.35. The molecular formula is C13H15N3O3S. The van der Waals surface area contributed by atoms with E-state index in [0.29, 0.717) is 25.4 Å². The zero-order chi connectivity index (χ0) is 14.2. The highest BCUT2D eigenvalue weighted by atomic mass is 32.2. The molecule has 2 aromatic rings. The van der Waals surface area contributed by atoms with Gasteiger partial charge in [-0.2, -0.15) is 9.40 Å². The van der Waals surface area contributed by atoms with Crippen LogP contribution < -0.4 is 4.74 Å². The fourth-order valence-electron chi connectivity index (χ4n) is 2.28. The lowest BCUT2D eigenvalue weighted by Gasteiger charge is -2.27. The van der Waals surface area contributed by atoms with Crippen LogP contribution in [0.15, 0.2) is 41.4 Å². The SMILES string of the molecule is COc1cccc(S(=O)(=O)N2CCn3nccc3C2)c1. The van der Waals surface area contributed by atoms with E-state index in [1.807, 2.05) is 10.7 Å². The van der Waals surface area contributed by atoms with Crippen molar-refractivity contribution in [3.05, 3.63) is 42.2 Å². The molecule has 0 radical (unpaired) electrons. The minimum Gasteiger partial charge on any atom is -0.497 e. The Labute approximate surface area is 117 Å². The first-order chi connectivity index (χ1) is 9.61. The molecule has 106 valence electrons. The van der Waals surface area contributed by atoms with Crippen LogP contribution in [0.5, 0.6) is 5.75 Å². The van der Waals surface area contributed by atoms with E-state index in [0.717, 1.165) is 5.69 Å². The molecule has 0 bridgehead atoms. The molecule has 3 rings (SSSR count). The maximum Gasteiger partial charge on any atom is 0.243 e. The molecule has 0 aliphatic carbocycles. The van der Waals surface area contributed by atoms with Crippen LogP contribution in [0.3, 0.4) is 0 Å². The van der Waals surface area contributed by atoms with Crippen LogP contribution in [0.4, 0.5) is 0 Å². The Kier molecular flexibility index (Phi) is 3.23. The van der Waals surface area contributed by atoms with Crippen LogP contribution in [-0.2, 0) is 23.1 Å². The highest BCUT2D eigenvalue weighted by molar-refractivity contribution is 7.89. The van der Waals surface area contributed by atoms with Crippen LogP contribution in [0.2, 0.25) is 0 Å². The van der Waals surface area contributed by atoms with Crippen LogP contribution in [-0.4, -0.2) is 36.2 Å². The lowest BCUT2D eigenvalue weighted by Crippen LogP contribution is -2.38. The van der Waals surface area contributed by atoms with Crippen LogP contribution in [0, 0.1) is 0 Å².